The minimum atomic E-state index is -0.892. The van der Waals surface area contributed by atoms with Gasteiger partial charge in [-0.1, -0.05) is 47.5 Å². The van der Waals surface area contributed by atoms with Gasteiger partial charge in [0.05, 0.1) is 11.4 Å². The number of nitrogens with one attached hydrogen (secondary N) is 2. The number of carbonyl (C=O) groups excluding carboxylic acids is 1. The number of nitrogens with zero attached hydrogens (tertiary/aromatic N) is 2. The minimum absolute atomic E-state index is 0.222. The van der Waals surface area contributed by atoms with Gasteiger partial charge in [0, 0.05) is 28.3 Å². The van der Waals surface area contributed by atoms with Crippen LogP contribution >= 0.6 is 35.4 Å². The van der Waals surface area contributed by atoms with E-state index in [0.717, 1.165) is 41.1 Å². The van der Waals surface area contributed by atoms with Crippen LogP contribution in [0, 0.1) is 0 Å². The molecule has 0 saturated carbocycles. The zero-order valence-electron chi connectivity index (χ0n) is 16.7. The molecule has 1 aliphatic carbocycles. The fraction of sp³-hybridized carbons (Fsp3) is 0.174. The molecule has 0 radical (unpaired) electrons. The number of amides is 1. The summed E-state index contributed by atoms with van der Waals surface area (Å²) in [5.74, 6) is -0.222. The lowest BCUT2D eigenvalue weighted by atomic mass is 9.94. The topological polar surface area (TPSA) is 56.7 Å². The number of anilines is 2. The van der Waals surface area contributed by atoms with E-state index in [1.165, 1.54) is 0 Å². The van der Waals surface area contributed by atoms with Gasteiger partial charge >= 0.3 is 0 Å². The standard InChI is InChI=1S/C23H20Cl2N4OS/c1-29-19-11-10-16(25)13-18(19)20(14-6-3-2-4-7-14)27-21(22(29)30)28-23(31)26-17-9-5-8-15(24)12-17/h2-3,5-6,8-13,21H,4,7H2,1H3,(H2,26,28,31). The molecule has 2 aliphatic rings. The van der Waals surface area contributed by atoms with E-state index >= 15 is 0 Å². The Hall–Kier alpha value is -2.67. The second kappa shape index (κ2) is 9.22. The monoisotopic (exact) mass is 470 g/mol. The summed E-state index contributed by atoms with van der Waals surface area (Å²) in [6, 6.07) is 12.7. The van der Waals surface area contributed by atoms with Crippen molar-refractivity contribution in [2.75, 3.05) is 17.3 Å². The highest BCUT2D eigenvalue weighted by atomic mass is 35.5. The Labute approximate surface area is 196 Å². The Morgan fingerprint density at radius 3 is 2.74 bits per heavy atom. The summed E-state index contributed by atoms with van der Waals surface area (Å²) >= 11 is 17.8. The van der Waals surface area contributed by atoms with Crippen LogP contribution in [0.15, 0.2) is 71.3 Å². The molecule has 158 valence electrons. The maximum Gasteiger partial charge on any atom is 0.272 e. The minimum Gasteiger partial charge on any atom is -0.333 e. The SMILES string of the molecule is CN1C(=O)C(NC(=S)Nc2cccc(Cl)c2)N=C(C2=CC=CCC2)c2cc(Cl)ccc21. The normalized spacial score (nSPS) is 18.0. The van der Waals surface area contributed by atoms with Crippen molar-refractivity contribution in [3.63, 3.8) is 0 Å². The number of rotatable bonds is 3. The van der Waals surface area contributed by atoms with Crippen LogP contribution in [0.4, 0.5) is 11.4 Å². The third-order valence-corrected chi connectivity index (χ3v) is 5.76. The third kappa shape index (κ3) is 4.82. The predicted octanol–water partition coefficient (Wildman–Crippen LogP) is 5.35. The molecule has 5 nitrogen and oxygen atoms in total. The first-order valence-electron chi connectivity index (χ1n) is 9.77. The Morgan fingerprint density at radius 2 is 2.00 bits per heavy atom. The van der Waals surface area contributed by atoms with Crippen molar-refractivity contribution in [3.8, 4) is 0 Å². The number of halogens is 2. The van der Waals surface area contributed by atoms with Crippen LogP contribution < -0.4 is 15.5 Å². The van der Waals surface area contributed by atoms with Gasteiger partial charge in [-0.25, -0.2) is 4.99 Å². The summed E-state index contributed by atoms with van der Waals surface area (Å²) in [6.07, 6.45) is 7.00. The number of benzodiazepines with no additional fused rings is 1. The summed E-state index contributed by atoms with van der Waals surface area (Å²) in [6.45, 7) is 0. The van der Waals surface area contributed by atoms with Gasteiger partial charge in [-0.2, -0.15) is 0 Å². The number of likely N-dealkylation sites (N-methyl/N-ethyl adjacent to an activating group) is 1. The smallest absolute Gasteiger partial charge is 0.272 e. The summed E-state index contributed by atoms with van der Waals surface area (Å²) in [7, 11) is 1.73. The Kier molecular flexibility index (Phi) is 6.41. The molecule has 1 unspecified atom stereocenters. The lowest BCUT2D eigenvalue weighted by molar-refractivity contribution is -0.119. The van der Waals surface area contributed by atoms with Crippen molar-refractivity contribution in [2.24, 2.45) is 4.99 Å². The van der Waals surface area contributed by atoms with Gasteiger partial charge in [-0.05, 0) is 67.0 Å². The average Bonchev–Trinajstić information content (AvgIpc) is 2.85. The van der Waals surface area contributed by atoms with E-state index in [2.05, 4.69) is 16.7 Å². The molecule has 0 fully saturated rings. The maximum atomic E-state index is 13.2. The molecule has 31 heavy (non-hydrogen) atoms. The zero-order valence-corrected chi connectivity index (χ0v) is 19.1. The molecule has 4 rings (SSSR count). The van der Waals surface area contributed by atoms with Crippen molar-refractivity contribution >= 4 is 63.5 Å². The number of thiocarbonyl (C=S) groups is 1. The number of aliphatic imine (C=N–C) groups is 1. The Morgan fingerprint density at radius 1 is 1.19 bits per heavy atom. The van der Waals surface area contributed by atoms with Gasteiger partial charge in [-0.15, -0.1) is 0 Å². The van der Waals surface area contributed by atoms with Crippen molar-refractivity contribution < 1.29 is 4.79 Å². The molecule has 1 aliphatic heterocycles. The summed E-state index contributed by atoms with van der Waals surface area (Å²) < 4.78 is 0. The van der Waals surface area contributed by atoms with Gasteiger partial charge in [0.25, 0.3) is 5.91 Å². The molecule has 8 heteroatoms. The highest BCUT2D eigenvalue weighted by molar-refractivity contribution is 7.80. The Balaban J connectivity index is 1.69. The largest absolute Gasteiger partial charge is 0.333 e. The van der Waals surface area contributed by atoms with Crippen LogP contribution in [0.25, 0.3) is 0 Å². The molecule has 1 amide bonds. The van der Waals surface area contributed by atoms with Crippen molar-refractivity contribution in [2.45, 2.75) is 19.0 Å². The first-order valence-corrected chi connectivity index (χ1v) is 10.9. The number of allylic oxidation sites excluding steroid dienone is 4. The van der Waals surface area contributed by atoms with Gasteiger partial charge in [-0.3, -0.25) is 4.79 Å². The summed E-state index contributed by atoms with van der Waals surface area (Å²) in [5.41, 5.74) is 4.08. The highest BCUT2D eigenvalue weighted by Gasteiger charge is 2.31. The second-order valence-electron chi connectivity index (χ2n) is 7.21. The first-order chi connectivity index (χ1) is 14.9. The number of carbonyl (C=O) groups is 1. The van der Waals surface area contributed by atoms with E-state index in [1.807, 2.05) is 36.4 Å². The molecule has 2 aromatic rings. The van der Waals surface area contributed by atoms with Crippen LogP contribution in [-0.4, -0.2) is 29.9 Å². The molecular weight excluding hydrogens is 451 g/mol. The summed E-state index contributed by atoms with van der Waals surface area (Å²) in [4.78, 5) is 19.6. The third-order valence-electron chi connectivity index (χ3n) is 5.07. The molecule has 0 bridgehead atoms. The first kappa shape index (κ1) is 21.6. The van der Waals surface area contributed by atoms with Crippen LogP contribution in [0.2, 0.25) is 10.0 Å². The average molecular weight is 471 g/mol. The maximum absolute atomic E-state index is 13.2. The fourth-order valence-corrected chi connectivity index (χ4v) is 4.15. The van der Waals surface area contributed by atoms with E-state index in [0.29, 0.717) is 10.0 Å². The van der Waals surface area contributed by atoms with Gasteiger partial charge < -0.3 is 15.5 Å². The van der Waals surface area contributed by atoms with E-state index < -0.39 is 6.17 Å². The number of benzene rings is 2. The fourth-order valence-electron chi connectivity index (χ4n) is 3.55. The van der Waals surface area contributed by atoms with Crippen molar-refractivity contribution in [1.82, 2.24) is 5.32 Å². The van der Waals surface area contributed by atoms with Crippen molar-refractivity contribution in [1.29, 1.82) is 0 Å². The van der Waals surface area contributed by atoms with E-state index in [-0.39, 0.29) is 11.0 Å². The number of hydrogen-bond donors (Lipinski definition) is 2. The number of fused-ring (bicyclic) bond motifs is 1. The molecule has 1 heterocycles. The highest BCUT2D eigenvalue weighted by Crippen LogP contribution is 2.31. The van der Waals surface area contributed by atoms with Crippen molar-refractivity contribution in [3.05, 3.63) is 81.9 Å². The lowest BCUT2D eigenvalue weighted by Gasteiger charge is -2.22. The van der Waals surface area contributed by atoms with Crippen LogP contribution in [0.1, 0.15) is 18.4 Å². The molecule has 0 saturated heterocycles. The van der Waals surface area contributed by atoms with Crippen LogP contribution in [0.5, 0.6) is 0 Å². The predicted molar refractivity (Wildman–Crippen MR) is 132 cm³/mol. The Bertz CT molecular complexity index is 1140. The molecule has 1 atom stereocenters. The zero-order chi connectivity index (χ0) is 22.0. The quantitative estimate of drug-likeness (QED) is 0.593. The molecule has 2 N–H and O–H groups in total. The molecule has 2 aromatic carbocycles. The van der Waals surface area contributed by atoms with Gasteiger partial charge in [0.15, 0.2) is 5.11 Å². The van der Waals surface area contributed by atoms with Gasteiger partial charge in [0.1, 0.15) is 0 Å². The second-order valence-corrected chi connectivity index (χ2v) is 8.49. The van der Waals surface area contributed by atoms with Gasteiger partial charge in [0.2, 0.25) is 6.17 Å². The lowest BCUT2D eigenvalue weighted by Crippen LogP contribution is -2.47. The van der Waals surface area contributed by atoms with E-state index in [4.69, 9.17) is 40.4 Å². The molecular formula is C23H20Cl2N4OS. The summed E-state index contributed by atoms with van der Waals surface area (Å²) in [5, 5.41) is 7.55. The van der Waals surface area contributed by atoms with E-state index in [1.54, 1.807) is 30.1 Å². The number of hydrogen-bond acceptors (Lipinski definition) is 3. The van der Waals surface area contributed by atoms with Crippen LogP contribution in [0.3, 0.4) is 0 Å². The van der Waals surface area contributed by atoms with E-state index in [9.17, 15) is 4.79 Å². The molecule has 0 aromatic heterocycles. The van der Waals surface area contributed by atoms with Crippen LogP contribution in [-0.2, 0) is 4.79 Å². The molecule has 0 spiro atoms.